The molecule has 0 N–H and O–H groups in total. The molecule has 130 valence electrons. The van der Waals surface area contributed by atoms with Gasteiger partial charge in [0.05, 0.1) is 23.1 Å². The van der Waals surface area contributed by atoms with Crippen molar-refractivity contribution in [1.82, 2.24) is 4.90 Å². The van der Waals surface area contributed by atoms with Crippen molar-refractivity contribution in [2.45, 2.75) is 13.5 Å². The van der Waals surface area contributed by atoms with Crippen molar-refractivity contribution in [3.05, 3.63) is 57.5 Å². The highest BCUT2D eigenvalue weighted by Crippen LogP contribution is 2.38. The van der Waals surface area contributed by atoms with E-state index in [0.717, 1.165) is 5.76 Å². The number of carbonyl (C=O) groups excluding carboxylic acids is 1. The molecule has 2 heterocycles. The zero-order valence-corrected chi connectivity index (χ0v) is 13.7. The van der Waals surface area contributed by atoms with Crippen LogP contribution in [0.3, 0.4) is 0 Å². The van der Waals surface area contributed by atoms with Gasteiger partial charge in [-0.3, -0.25) is 14.9 Å². The van der Waals surface area contributed by atoms with Crippen LogP contribution in [-0.2, 0) is 11.3 Å². The van der Waals surface area contributed by atoms with Gasteiger partial charge in [-0.1, -0.05) is 0 Å². The van der Waals surface area contributed by atoms with Crippen LogP contribution >= 0.6 is 0 Å². The van der Waals surface area contributed by atoms with Crippen LogP contribution in [0.25, 0.3) is 6.08 Å². The van der Waals surface area contributed by atoms with E-state index in [1.165, 1.54) is 29.2 Å². The average Bonchev–Trinajstić information content (AvgIpc) is 3.19. The second-order valence-corrected chi connectivity index (χ2v) is 5.56. The molecule has 0 atom stereocenters. The third-order valence-corrected chi connectivity index (χ3v) is 3.69. The zero-order valence-electron chi connectivity index (χ0n) is 13.7. The Kier molecular flexibility index (Phi) is 4.42. The van der Waals surface area contributed by atoms with Gasteiger partial charge >= 0.3 is 0 Å². The van der Waals surface area contributed by atoms with E-state index in [4.69, 9.17) is 13.9 Å². The lowest BCUT2D eigenvalue weighted by Gasteiger charge is -2.13. The van der Waals surface area contributed by atoms with Crippen molar-refractivity contribution in [2.75, 3.05) is 13.8 Å². The van der Waals surface area contributed by atoms with Crippen LogP contribution in [0.4, 0.5) is 5.69 Å². The Hall–Kier alpha value is -3.29. The molecule has 0 radical (unpaired) electrons. The maximum absolute atomic E-state index is 12.2. The van der Waals surface area contributed by atoms with Gasteiger partial charge in [0.2, 0.25) is 12.7 Å². The summed E-state index contributed by atoms with van der Waals surface area (Å²) >= 11 is 0. The van der Waals surface area contributed by atoms with E-state index in [2.05, 4.69) is 0 Å². The van der Waals surface area contributed by atoms with Gasteiger partial charge < -0.3 is 18.8 Å². The molecular weight excluding hydrogens is 328 g/mol. The lowest BCUT2D eigenvalue weighted by molar-refractivity contribution is -0.385. The van der Waals surface area contributed by atoms with Crippen molar-refractivity contribution in [3.63, 3.8) is 0 Å². The predicted molar refractivity (Wildman–Crippen MR) is 88.2 cm³/mol. The zero-order chi connectivity index (χ0) is 18.0. The Morgan fingerprint density at radius 1 is 1.32 bits per heavy atom. The number of rotatable bonds is 5. The second kappa shape index (κ2) is 6.68. The maximum Gasteiger partial charge on any atom is 0.280 e. The Morgan fingerprint density at radius 2 is 2.04 bits per heavy atom. The van der Waals surface area contributed by atoms with Crippen LogP contribution in [-0.4, -0.2) is 29.6 Å². The van der Waals surface area contributed by atoms with Crippen LogP contribution < -0.4 is 9.47 Å². The van der Waals surface area contributed by atoms with Crippen LogP contribution in [0.5, 0.6) is 11.5 Å². The summed E-state index contributed by atoms with van der Waals surface area (Å²) in [6.45, 7) is 2.15. The van der Waals surface area contributed by atoms with E-state index in [9.17, 15) is 14.9 Å². The van der Waals surface area contributed by atoms with Crippen LogP contribution in [0, 0.1) is 17.0 Å². The molecule has 8 nitrogen and oxygen atoms in total. The Bertz CT molecular complexity index is 855. The summed E-state index contributed by atoms with van der Waals surface area (Å²) in [5, 5.41) is 11.2. The monoisotopic (exact) mass is 344 g/mol. The van der Waals surface area contributed by atoms with Crippen LogP contribution in [0.1, 0.15) is 17.1 Å². The Labute approximate surface area is 143 Å². The fourth-order valence-electron chi connectivity index (χ4n) is 2.41. The number of nitro groups is 1. The third-order valence-electron chi connectivity index (χ3n) is 3.69. The molecule has 0 fully saturated rings. The van der Waals surface area contributed by atoms with Gasteiger partial charge in [0.25, 0.3) is 5.69 Å². The van der Waals surface area contributed by atoms with E-state index in [-0.39, 0.29) is 24.0 Å². The highest BCUT2D eigenvalue weighted by atomic mass is 16.7. The van der Waals surface area contributed by atoms with Gasteiger partial charge in [-0.25, -0.2) is 0 Å². The minimum absolute atomic E-state index is 0.0177. The first-order valence-corrected chi connectivity index (χ1v) is 7.50. The molecule has 1 aromatic carbocycles. The number of carbonyl (C=O) groups is 1. The number of nitro benzene ring substituents is 1. The molecule has 1 aliphatic heterocycles. The highest BCUT2D eigenvalue weighted by Gasteiger charge is 2.22. The quantitative estimate of drug-likeness (QED) is 0.470. The lowest BCUT2D eigenvalue weighted by Crippen LogP contribution is -2.23. The standard InChI is InChI=1S/C17H16N2O6/c1-11-3-5-13(25-11)9-18(2)17(20)6-4-12-7-15-16(24-10-23-15)8-14(12)19(21)22/h3-8H,9-10H2,1-2H3. The number of amides is 1. The number of ether oxygens (including phenoxy) is 2. The fourth-order valence-corrected chi connectivity index (χ4v) is 2.41. The van der Waals surface area contributed by atoms with Gasteiger partial charge in [0.15, 0.2) is 11.5 Å². The third kappa shape index (κ3) is 3.63. The summed E-state index contributed by atoms with van der Waals surface area (Å²) in [6.07, 6.45) is 2.67. The lowest BCUT2D eigenvalue weighted by atomic mass is 10.1. The molecule has 0 unspecified atom stereocenters. The number of fused-ring (bicyclic) bond motifs is 1. The van der Waals surface area contributed by atoms with Gasteiger partial charge in [-0.05, 0) is 31.2 Å². The summed E-state index contributed by atoms with van der Waals surface area (Å²) < 4.78 is 15.8. The predicted octanol–water partition coefficient (Wildman–Crippen LogP) is 2.90. The molecule has 3 rings (SSSR count). The van der Waals surface area contributed by atoms with Gasteiger partial charge in [0.1, 0.15) is 11.5 Å². The molecule has 0 aliphatic carbocycles. The maximum atomic E-state index is 12.2. The topological polar surface area (TPSA) is 95.1 Å². The normalized spacial score (nSPS) is 12.6. The van der Waals surface area contributed by atoms with Crippen molar-refractivity contribution in [3.8, 4) is 11.5 Å². The number of likely N-dealkylation sites (N-methyl/N-ethyl adjacent to an activating group) is 1. The number of aryl methyl sites for hydroxylation is 1. The minimum Gasteiger partial charge on any atom is -0.464 e. The van der Waals surface area contributed by atoms with Crippen LogP contribution in [0.2, 0.25) is 0 Å². The molecule has 0 spiro atoms. The number of furan rings is 1. The van der Waals surface area contributed by atoms with E-state index in [1.54, 1.807) is 13.1 Å². The van der Waals surface area contributed by atoms with Gasteiger partial charge in [-0.15, -0.1) is 0 Å². The van der Waals surface area contributed by atoms with Gasteiger partial charge in [0, 0.05) is 13.1 Å². The van der Waals surface area contributed by atoms with E-state index >= 15 is 0 Å². The molecule has 0 saturated heterocycles. The Balaban J connectivity index is 1.76. The van der Waals surface area contributed by atoms with Crippen molar-refractivity contribution in [1.29, 1.82) is 0 Å². The molecule has 1 aliphatic rings. The Morgan fingerprint density at radius 3 is 2.68 bits per heavy atom. The number of benzene rings is 1. The average molecular weight is 344 g/mol. The molecule has 0 saturated carbocycles. The summed E-state index contributed by atoms with van der Waals surface area (Å²) in [4.78, 5) is 24.4. The molecule has 1 aromatic heterocycles. The first-order valence-electron chi connectivity index (χ1n) is 7.50. The summed E-state index contributed by atoms with van der Waals surface area (Å²) in [7, 11) is 1.62. The van der Waals surface area contributed by atoms with Crippen molar-refractivity contribution >= 4 is 17.7 Å². The smallest absolute Gasteiger partial charge is 0.280 e. The minimum atomic E-state index is -0.526. The van der Waals surface area contributed by atoms with E-state index in [1.807, 2.05) is 13.0 Å². The highest BCUT2D eigenvalue weighted by molar-refractivity contribution is 5.92. The van der Waals surface area contributed by atoms with Gasteiger partial charge in [-0.2, -0.15) is 0 Å². The van der Waals surface area contributed by atoms with Crippen molar-refractivity contribution < 1.29 is 23.6 Å². The first kappa shape index (κ1) is 16.6. The number of hydrogen-bond donors (Lipinski definition) is 0. The van der Waals surface area contributed by atoms with Crippen molar-refractivity contribution in [2.24, 2.45) is 0 Å². The molecule has 2 aromatic rings. The summed E-state index contributed by atoms with van der Waals surface area (Å²) in [5.74, 6) is 1.86. The van der Waals surface area contributed by atoms with E-state index in [0.29, 0.717) is 23.8 Å². The molecule has 1 amide bonds. The summed E-state index contributed by atoms with van der Waals surface area (Å²) in [6, 6.07) is 6.40. The SMILES string of the molecule is Cc1ccc(CN(C)C(=O)C=Cc2cc3c(cc2[N+](=O)[O-])OCO3)o1. The molecule has 8 heteroatoms. The van der Waals surface area contributed by atoms with Crippen LogP contribution in [0.15, 0.2) is 34.8 Å². The summed E-state index contributed by atoms with van der Waals surface area (Å²) in [5.41, 5.74) is 0.113. The first-order chi connectivity index (χ1) is 11.9. The fraction of sp³-hybridized carbons (Fsp3) is 0.235. The molecule has 0 bridgehead atoms. The number of nitrogens with zero attached hydrogens (tertiary/aromatic N) is 2. The number of hydrogen-bond acceptors (Lipinski definition) is 6. The largest absolute Gasteiger partial charge is 0.464 e. The van der Waals surface area contributed by atoms with E-state index < -0.39 is 4.92 Å². The molecular formula is C17H16N2O6. The molecule has 25 heavy (non-hydrogen) atoms. The second-order valence-electron chi connectivity index (χ2n) is 5.56.